The molecule has 4 rings (SSSR count). The van der Waals surface area contributed by atoms with Crippen molar-refractivity contribution in [1.29, 1.82) is 0 Å². The Bertz CT molecular complexity index is 1260. The van der Waals surface area contributed by atoms with Gasteiger partial charge in [0.25, 0.3) is 0 Å². The van der Waals surface area contributed by atoms with Gasteiger partial charge in [0.05, 0.1) is 12.9 Å². The smallest absolute Gasteiger partial charge is 0.233 e. The van der Waals surface area contributed by atoms with E-state index < -0.39 is 0 Å². The molecular weight excluding hydrogens is 460 g/mol. The lowest BCUT2D eigenvalue weighted by atomic mass is 10.2. The molecule has 2 aromatic heterocycles. The molecule has 0 saturated carbocycles. The number of methoxy groups -OCH3 is 1. The number of rotatable bonds is 9. The van der Waals surface area contributed by atoms with Crippen LogP contribution in [0.5, 0.6) is 5.75 Å². The molecule has 8 nitrogen and oxygen atoms in total. The zero-order valence-electron chi connectivity index (χ0n) is 20.3. The number of aromatic nitrogens is 4. The van der Waals surface area contributed by atoms with E-state index in [2.05, 4.69) is 32.2 Å². The highest BCUT2D eigenvalue weighted by atomic mass is 32.2. The molecule has 1 amide bonds. The largest absolute Gasteiger partial charge is 0.497 e. The predicted octanol–water partition coefficient (Wildman–Crippen LogP) is 4.15. The van der Waals surface area contributed by atoms with Crippen molar-refractivity contribution < 1.29 is 9.53 Å². The van der Waals surface area contributed by atoms with E-state index in [4.69, 9.17) is 4.74 Å². The topological polar surface area (TPSA) is 76.4 Å². The van der Waals surface area contributed by atoms with Crippen molar-refractivity contribution in [3.63, 3.8) is 0 Å². The molecule has 0 N–H and O–H groups in total. The normalized spacial score (nSPS) is 10.7. The monoisotopic (exact) mass is 488 g/mol. The van der Waals surface area contributed by atoms with Crippen LogP contribution >= 0.6 is 11.8 Å². The summed E-state index contributed by atoms with van der Waals surface area (Å²) < 4.78 is 7.25. The van der Waals surface area contributed by atoms with E-state index in [0.717, 1.165) is 28.3 Å². The summed E-state index contributed by atoms with van der Waals surface area (Å²) in [5, 5.41) is 9.46. The Morgan fingerprint density at radius 3 is 2.26 bits per heavy atom. The summed E-state index contributed by atoms with van der Waals surface area (Å²) in [6.07, 6.45) is 3.44. The summed E-state index contributed by atoms with van der Waals surface area (Å²) in [5.74, 6) is 1.71. The van der Waals surface area contributed by atoms with E-state index in [9.17, 15) is 4.79 Å². The highest BCUT2D eigenvalue weighted by molar-refractivity contribution is 7.99. The highest BCUT2D eigenvalue weighted by Gasteiger charge is 2.19. The molecule has 180 valence electrons. The molecule has 4 aromatic rings. The number of nitrogens with zero attached hydrogens (tertiary/aromatic N) is 6. The van der Waals surface area contributed by atoms with Crippen LogP contribution < -0.4 is 9.64 Å². The Labute approximate surface area is 209 Å². The number of carbonyl (C=O) groups is 1. The fraction of sp³-hybridized carbons (Fsp3) is 0.231. The number of pyridine rings is 1. The number of amides is 1. The summed E-state index contributed by atoms with van der Waals surface area (Å²) in [6, 6.07) is 19.7. The molecule has 0 fully saturated rings. The average Bonchev–Trinajstić information content (AvgIpc) is 3.32. The third-order valence-electron chi connectivity index (χ3n) is 5.53. The van der Waals surface area contributed by atoms with Crippen LogP contribution in [0.3, 0.4) is 0 Å². The molecule has 0 aliphatic heterocycles. The molecule has 2 aromatic carbocycles. The number of hydrogen-bond acceptors (Lipinski definition) is 7. The van der Waals surface area contributed by atoms with Crippen LogP contribution in [0.25, 0.3) is 17.1 Å². The summed E-state index contributed by atoms with van der Waals surface area (Å²) in [7, 11) is 7.47. The quantitative estimate of drug-likeness (QED) is 0.328. The molecule has 9 heteroatoms. The Kier molecular flexibility index (Phi) is 7.67. The maximum atomic E-state index is 12.9. The third-order valence-corrected chi connectivity index (χ3v) is 6.44. The average molecular weight is 489 g/mol. The fourth-order valence-electron chi connectivity index (χ4n) is 3.51. The van der Waals surface area contributed by atoms with Crippen LogP contribution in [0.2, 0.25) is 0 Å². The standard InChI is InChI=1S/C26H28N6O2S/c1-30(2)21-7-5-19(6-8-21)17-31(3)24(33)18-35-26-29-28-25(20-13-15-27-16-14-20)32(26)22-9-11-23(34-4)12-10-22/h5-16H,17-18H2,1-4H3. The second-order valence-corrected chi connectivity index (χ2v) is 9.12. The van der Waals surface area contributed by atoms with E-state index in [-0.39, 0.29) is 11.7 Å². The first-order chi connectivity index (χ1) is 17.0. The minimum atomic E-state index is 0.0152. The van der Waals surface area contributed by atoms with Gasteiger partial charge in [-0.3, -0.25) is 14.3 Å². The lowest BCUT2D eigenvalue weighted by Gasteiger charge is -2.18. The molecule has 0 aliphatic carbocycles. The van der Waals surface area contributed by atoms with E-state index in [1.807, 2.05) is 74.2 Å². The van der Waals surface area contributed by atoms with Crippen LogP contribution in [0.4, 0.5) is 5.69 Å². The number of benzene rings is 2. The second kappa shape index (κ2) is 11.1. The third kappa shape index (κ3) is 5.81. The van der Waals surface area contributed by atoms with E-state index in [0.29, 0.717) is 17.5 Å². The number of hydrogen-bond donors (Lipinski definition) is 0. The van der Waals surface area contributed by atoms with Gasteiger partial charge in [-0.2, -0.15) is 0 Å². The van der Waals surface area contributed by atoms with Crippen LogP contribution in [-0.2, 0) is 11.3 Å². The van der Waals surface area contributed by atoms with Gasteiger partial charge in [0, 0.05) is 57.0 Å². The van der Waals surface area contributed by atoms with E-state index in [1.54, 1.807) is 24.4 Å². The van der Waals surface area contributed by atoms with Crippen molar-refractivity contribution in [2.24, 2.45) is 0 Å². The SMILES string of the molecule is COc1ccc(-n2c(SCC(=O)N(C)Cc3ccc(N(C)C)cc3)nnc2-c2ccncc2)cc1. The molecule has 2 heterocycles. The molecule has 0 radical (unpaired) electrons. The first-order valence-corrected chi connectivity index (χ1v) is 12.1. The lowest BCUT2D eigenvalue weighted by molar-refractivity contribution is -0.127. The first-order valence-electron chi connectivity index (χ1n) is 11.1. The van der Waals surface area contributed by atoms with E-state index >= 15 is 0 Å². The number of anilines is 1. The predicted molar refractivity (Wildman–Crippen MR) is 139 cm³/mol. The Morgan fingerprint density at radius 2 is 1.63 bits per heavy atom. The summed E-state index contributed by atoms with van der Waals surface area (Å²) in [6.45, 7) is 0.542. The van der Waals surface area contributed by atoms with E-state index in [1.165, 1.54) is 11.8 Å². The van der Waals surface area contributed by atoms with Crippen LogP contribution in [0, 0.1) is 0 Å². The van der Waals surface area contributed by atoms with Crippen molar-refractivity contribution in [2.75, 3.05) is 38.9 Å². The van der Waals surface area contributed by atoms with Crippen molar-refractivity contribution in [3.05, 3.63) is 78.6 Å². The summed E-state index contributed by atoms with van der Waals surface area (Å²) in [4.78, 5) is 20.8. The maximum absolute atomic E-state index is 12.9. The second-order valence-electron chi connectivity index (χ2n) is 8.17. The fourth-order valence-corrected chi connectivity index (χ4v) is 4.41. The Morgan fingerprint density at radius 1 is 0.943 bits per heavy atom. The Hall–Kier alpha value is -3.85. The van der Waals surface area contributed by atoms with Gasteiger partial charge >= 0.3 is 0 Å². The highest BCUT2D eigenvalue weighted by Crippen LogP contribution is 2.29. The number of thioether (sulfide) groups is 1. The molecule has 0 aliphatic rings. The van der Waals surface area contributed by atoms with Gasteiger partial charge < -0.3 is 14.5 Å². The number of ether oxygens (including phenoxy) is 1. The van der Waals surface area contributed by atoms with Crippen molar-refractivity contribution in [3.8, 4) is 22.8 Å². The van der Waals surface area contributed by atoms with Crippen LogP contribution in [0.15, 0.2) is 78.2 Å². The van der Waals surface area contributed by atoms with Crippen molar-refractivity contribution >= 4 is 23.4 Å². The maximum Gasteiger partial charge on any atom is 0.233 e. The van der Waals surface area contributed by atoms with Gasteiger partial charge in [0.1, 0.15) is 5.75 Å². The van der Waals surface area contributed by atoms with Gasteiger partial charge in [-0.1, -0.05) is 23.9 Å². The zero-order chi connectivity index (χ0) is 24.8. The summed E-state index contributed by atoms with van der Waals surface area (Å²) in [5.41, 5.74) is 3.98. The molecule has 0 spiro atoms. The lowest BCUT2D eigenvalue weighted by Crippen LogP contribution is -2.28. The van der Waals surface area contributed by atoms with Gasteiger partial charge in [0.15, 0.2) is 11.0 Å². The van der Waals surface area contributed by atoms with Gasteiger partial charge in [-0.15, -0.1) is 10.2 Å². The molecule has 0 atom stereocenters. The molecule has 0 saturated heterocycles. The molecule has 0 unspecified atom stereocenters. The van der Waals surface area contributed by atoms with Crippen molar-refractivity contribution in [1.82, 2.24) is 24.6 Å². The van der Waals surface area contributed by atoms with Crippen LogP contribution in [-0.4, -0.2) is 64.6 Å². The van der Waals surface area contributed by atoms with Gasteiger partial charge in [0.2, 0.25) is 5.91 Å². The van der Waals surface area contributed by atoms with Gasteiger partial charge in [-0.05, 0) is 54.1 Å². The molecular formula is C26H28N6O2S. The zero-order valence-corrected chi connectivity index (χ0v) is 21.1. The minimum absolute atomic E-state index is 0.0152. The minimum Gasteiger partial charge on any atom is -0.497 e. The van der Waals surface area contributed by atoms with Crippen molar-refractivity contribution in [2.45, 2.75) is 11.7 Å². The van der Waals surface area contributed by atoms with Crippen LogP contribution in [0.1, 0.15) is 5.56 Å². The first kappa shape index (κ1) is 24.3. The Balaban J connectivity index is 1.51. The number of carbonyl (C=O) groups excluding carboxylic acids is 1. The van der Waals surface area contributed by atoms with Gasteiger partial charge in [-0.25, -0.2) is 0 Å². The summed E-state index contributed by atoms with van der Waals surface area (Å²) >= 11 is 1.37. The molecule has 0 bridgehead atoms. The molecule has 35 heavy (non-hydrogen) atoms.